The number of hydrogen-bond donors (Lipinski definition) is 1. The van der Waals surface area contributed by atoms with Crippen LogP contribution >= 0.6 is 0 Å². The Hall–Kier alpha value is -3.30. The molecule has 8 nitrogen and oxygen atoms in total. The normalized spacial score (nSPS) is 15.2. The van der Waals surface area contributed by atoms with Gasteiger partial charge in [-0.3, -0.25) is 4.79 Å². The van der Waals surface area contributed by atoms with Gasteiger partial charge in [-0.2, -0.15) is 9.29 Å². The van der Waals surface area contributed by atoms with Crippen LogP contribution in [-0.4, -0.2) is 48.9 Å². The maximum Gasteiger partial charge on any atom is 0.251 e. The molecule has 2 heterocycles. The Morgan fingerprint density at radius 3 is 2.65 bits per heavy atom. The van der Waals surface area contributed by atoms with E-state index >= 15 is 0 Å². The van der Waals surface area contributed by atoms with E-state index in [1.807, 2.05) is 31.2 Å². The molecule has 0 radical (unpaired) electrons. The highest BCUT2D eigenvalue weighted by Gasteiger charge is 2.38. The molecule has 1 aliphatic heterocycles. The zero-order valence-corrected chi connectivity index (χ0v) is 18.0. The molecule has 1 saturated heterocycles. The Kier molecular flexibility index (Phi) is 5.71. The predicted molar refractivity (Wildman–Crippen MR) is 117 cm³/mol. The van der Waals surface area contributed by atoms with Crippen LogP contribution in [0.25, 0.3) is 17.5 Å². The molecule has 1 amide bonds. The summed E-state index contributed by atoms with van der Waals surface area (Å²) in [6, 6.07) is 14.5. The van der Waals surface area contributed by atoms with Crippen molar-refractivity contribution in [3.8, 4) is 11.4 Å². The van der Waals surface area contributed by atoms with Gasteiger partial charge in [0, 0.05) is 36.7 Å². The molecule has 1 aromatic heterocycles. The van der Waals surface area contributed by atoms with Crippen LogP contribution in [0.5, 0.6) is 0 Å². The third-order valence-corrected chi connectivity index (χ3v) is 6.62. The van der Waals surface area contributed by atoms with Crippen molar-refractivity contribution in [1.29, 1.82) is 0 Å². The van der Waals surface area contributed by atoms with Gasteiger partial charge >= 0.3 is 0 Å². The topological polar surface area (TPSA) is 105 Å². The van der Waals surface area contributed by atoms with Crippen molar-refractivity contribution in [3.05, 3.63) is 76.5 Å². The highest BCUT2D eigenvalue weighted by atomic mass is 32.2. The molecule has 0 aliphatic carbocycles. The third-order valence-electron chi connectivity index (χ3n) is 5.12. The lowest BCUT2D eigenvalue weighted by atomic mass is 10.0. The van der Waals surface area contributed by atoms with Crippen molar-refractivity contribution in [3.63, 3.8) is 0 Å². The molecule has 9 heteroatoms. The van der Waals surface area contributed by atoms with Gasteiger partial charge in [0.05, 0.1) is 5.92 Å². The molecule has 160 valence electrons. The highest BCUT2D eigenvalue weighted by Crippen LogP contribution is 2.30. The summed E-state index contributed by atoms with van der Waals surface area (Å²) in [5.41, 5.74) is 3.09. The summed E-state index contributed by atoms with van der Waals surface area (Å²) in [7, 11) is -1.95. The summed E-state index contributed by atoms with van der Waals surface area (Å²) in [5, 5.41) is 7.78. The number of aryl methyl sites for hydroxylation is 1. The molecule has 0 unspecified atom stereocenters. The van der Waals surface area contributed by atoms with Crippen LogP contribution in [0.15, 0.2) is 58.5 Å². The molecule has 0 atom stereocenters. The van der Waals surface area contributed by atoms with Crippen LogP contribution in [0.2, 0.25) is 0 Å². The molecule has 1 aliphatic rings. The van der Waals surface area contributed by atoms with E-state index < -0.39 is 10.0 Å². The van der Waals surface area contributed by atoms with Crippen molar-refractivity contribution < 1.29 is 17.7 Å². The summed E-state index contributed by atoms with van der Waals surface area (Å²) in [4.78, 5) is 16.2. The van der Waals surface area contributed by atoms with Gasteiger partial charge in [0.15, 0.2) is 0 Å². The summed E-state index contributed by atoms with van der Waals surface area (Å²) < 4.78 is 31.8. The molecule has 2 aromatic carbocycles. The number of hydrogen-bond acceptors (Lipinski definition) is 6. The second-order valence-electron chi connectivity index (χ2n) is 7.39. The first-order chi connectivity index (χ1) is 14.9. The third kappa shape index (κ3) is 4.57. The number of sulfonamides is 1. The number of amides is 1. The fourth-order valence-corrected chi connectivity index (χ4v) is 4.47. The number of nitrogens with one attached hydrogen (secondary N) is 1. The maximum absolute atomic E-state index is 12.5. The summed E-state index contributed by atoms with van der Waals surface area (Å²) in [6.07, 6.45) is 1.59. The van der Waals surface area contributed by atoms with Gasteiger partial charge in [0.1, 0.15) is 0 Å². The Balaban J connectivity index is 1.41. The quantitative estimate of drug-likeness (QED) is 0.634. The van der Waals surface area contributed by atoms with E-state index in [-0.39, 0.29) is 24.9 Å². The van der Waals surface area contributed by atoms with Crippen molar-refractivity contribution >= 4 is 22.0 Å². The van der Waals surface area contributed by atoms with E-state index in [1.165, 1.54) is 9.71 Å². The van der Waals surface area contributed by atoms with E-state index in [1.54, 1.807) is 37.4 Å². The Morgan fingerprint density at radius 2 is 1.94 bits per heavy atom. The van der Waals surface area contributed by atoms with Crippen LogP contribution in [-0.2, 0) is 10.0 Å². The lowest BCUT2D eigenvalue weighted by molar-refractivity contribution is 0.0963. The Bertz CT molecular complexity index is 1230. The zero-order chi connectivity index (χ0) is 22.0. The van der Waals surface area contributed by atoms with Gasteiger partial charge in [0.2, 0.25) is 21.7 Å². The molecule has 0 saturated carbocycles. The molecule has 3 aromatic rings. The number of nitrogens with zero attached hydrogens (tertiary/aromatic N) is 3. The van der Waals surface area contributed by atoms with E-state index in [0.717, 1.165) is 11.1 Å². The van der Waals surface area contributed by atoms with Crippen LogP contribution in [0.4, 0.5) is 0 Å². The second kappa shape index (κ2) is 8.44. The van der Waals surface area contributed by atoms with Crippen molar-refractivity contribution in [1.82, 2.24) is 19.8 Å². The zero-order valence-electron chi connectivity index (χ0n) is 17.1. The second-order valence-corrected chi connectivity index (χ2v) is 9.21. The largest absolute Gasteiger partial charge is 0.355 e. The standard InChI is InChI=1S/C22H22N4O4S/c1-15-6-8-16(9-7-15)10-11-31(28,29)26-13-19(14-26)22-24-20(25-30-22)17-4-3-5-18(12-17)21(27)23-2/h3-12,19H,13-14H2,1-2H3,(H,23,27). The Labute approximate surface area is 180 Å². The molecular weight excluding hydrogens is 416 g/mol. The van der Waals surface area contributed by atoms with E-state index in [2.05, 4.69) is 15.5 Å². The summed E-state index contributed by atoms with van der Waals surface area (Å²) in [6.45, 7) is 2.53. The molecule has 0 spiro atoms. The van der Waals surface area contributed by atoms with Crippen LogP contribution in [0, 0.1) is 6.92 Å². The van der Waals surface area contributed by atoms with Crippen molar-refractivity contribution in [2.45, 2.75) is 12.8 Å². The Morgan fingerprint density at radius 1 is 1.19 bits per heavy atom. The first kappa shape index (κ1) is 21.0. The lowest BCUT2D eigenvalue weighted by Gasteiger charge is -2.34. The molecule has 1 N–H and O–H groups in total. The van der Waals surface area contributed by atoms with Gasteiger partial charge < -0.3 is 9.84 Å². The maximum atomic E-state index is 12.5. The van der Waals surface area contributed by atoms with Crippen LogP contribution in [0.1, 0.15) is 33.3 Å². The van der Waals surface area contributed by atoms with Gasteiger partial charge in [-0.1, -0.05) is 47.1 Å². The molecule has 31 heavy (non-hydrogen) atoms. The van der Waals surface area contributed by atoms with Crippen LogP contribution in [0.3, 0.4) is 0 Å². The highest BCUT2D eigenvalue weighted by molar-refractivity contribution is 7.92. The fourth-order valence-electron chi connectivity index (χ4n) is 3.19. The van der Waals surface area contributed by atoms with E-state index in [4.69, 9.17) is 4.52 Å². The van der Waals surface area contributed by atoms with Gasteiger partial charge in [-0.15, -0.1) is 0 Å². The SMILES string of the molecule is CNC(=O)c1cccc(-c2noc(C3CN(S(=O)(=O)C=Cc4ccc(C)cc4)C3)n2)c1. The minimum atomic E-state index is -3.52. The van der Waals surface area contributed by atoms with Gasteiger partial charge in [-0.05, 0) is 30.7 Å². The monoisotopic (exact) mass is 438 g/mol. The van der Waals surface area contributed by atoms with Gasteiger partial charge in [-0.25, -0.2) is 8.42 Å². The summed E-state index contributed by atoms with van der Waals surface area (Å²) >= 11 is 0. The molecule has 4 rings (SSSR count). The molecular formula is C22H22N4O4S. The number of aromatic nitrogens is 2. The average Bonchev–Trinajstić information content (AvgIpc) is 3.21. The average molecular weight is 439 g/mol. The van der Waals surface area contributed by atoms with E-state index in [0.29, 0.717) is 22.8 Å². The predicted octanol–water partition coefficient (Wildman–Crippen LogP) is 2.80. The fraction of sp³-hybridized carbons (Fsp3) is 0.227. The summed E-state index contributed by atoms with van der Waals surface area (Å²) in [5.74, 6) is 0.380. The first-order valence-corrected chi connectivity index (χ1v) is 11.3. The number of carbonyl (C=O) groups excluding carboxylic acids is 1. The molecule has 0 bridgehead atoms. The number of rotatable bonds is 6. The van der Waals surface area contributed by atoms with Crippen molar-refractivity contribution in [2.75, 3.05) is 20.1 Å². The lowest BCUT2D eigenvalue weighted by Crippen LogP contribution is -2.47. The smallest absolute Gasteiger partial charge is 0.251 e. The number of carbonyl (C=O) groups is 1. The minimum Gasteiger partial charge on any atom is -0.355 e. The van der Waals surface area contributed by atoms with Crippen molar-refractivity contribution in [2.24, 2.45) is 0 Å². The minimum absolute atomic E-state index is 0.161. The first-order valence-electron chi connectivity index (χ1n) is 9.77. The number of benzene rings is 2. The van der Waals surface area contributed by atoms with E-state index in [9.17, 15) is 13.2 Å². The van der Waals surface area contributed by atoms with Gasteiger partial charge in [0.25, 0.3) is 5.91 Å². The van der Waals surface area contributed by atoms with Crippen LogP contribution < -0.4 is 5.32 Å². The molecule has 1 fully saturated rings.